The van der Waals surface area contributed by atoms with Gasteiger partial charge in [0.05, 0.1) is 124 Å². The molecule has 0 saturated carbocycles. The summed E-state index contributed by atoms with van der Waals surface area (Å²) in [6.07, 6.45) is 0. The van der Waals surface area contributed by atoms with Crippen molar-refractivity contribution in [2.75, 3.05) is 29.4 Å². The van der Waals surface area contributed by atoms with E-state index in [1.54, 1.807) is 0 Å². The predicted molar refractivity (Wildman–Crippen MR) is 598 cm³/mol. The number of aryl methyl sites for hydroxylation is 2. The van der Waals surface area contributed by atoms with Gasteiger partial charge >= 0.3 is 0 Å². The molecule has 0 unspecified atom stereocenters. The second-order valence-electron chi connectivity index (χ2n) is 37.2. The summed E-state index contributed by atoms with van der Waals surface area (Å²) < 4.78 is 9.70. The summed E-state index contributed by atoms with van der Waals surface area (Å²) in [7, 11) is 0. The molecule has 8 heterocycles. The summed E-state index contributed by atoms with van der Waals surface area (Å²) in [6.45, 7) is 4.55. The molecule has 30 rings (SSSR count). The lowest BCUT2D eigenvalue weighted by atomic mass is 9.98. The molecule has 142 heavy (non-hydrogen) atoms. The number of benzene rings is 22. The molecule has 0 amide bonds. The Hall–Kier alpha value is -17.9. The van der Waals surface area contributed by atoms with E-state index in [0.29, 0.717) is 0 Å². The highest BCUT2D eigenvalue weighted by Crippen LogP contribution is 2.63. The zero-order chi connectivity index (χ0) is 93.5. The van der Waals surface area contributed by atoms with Crippen LogP contribution in [-0.2, 0) is 0 Å². The minimum Gasteiger partial charge on any atom is -0.309 e. The number of hydrogen-bond acceptors (Lipinski definition) is 8. The smallest absolute Gasteiger partial charge is 0.0724 e. The van der Waals surface area contributed by atoms with Gasteiger partial charge in [0.2, 0.25) is 0 Å². The van der Waals surface area contributed by atoms with Crippen LogP contribution >= 0.6 is 23.5 Å². The van der Waals surface area contributed by atoms with Crippen molar-refractivity contribution in [1.29, 1.82) is 0 Å². The molecule has 0 N–H and O–H groups in total. The second-order valence-corrected chi connectivity index (χ2v) is 39.4. The Kier molecular flexibility index (Phi) is 18.5. The van der Waals surface area contributed by atoms with Crippen LogP contribution in [0, 0.1) is 13.8 Å². The van der Waals surface area contributed by atoms with Crippen molar-refractivity contribution in [3.63, 3.8) is 0 Å². The average molecular weight is 1850 g/mol. The van der Waals surface area contributed by atoms with Crippen LogP contribution in [0.2, 0.25) is 0 Å². The third-order valence-electron chi connectivity index (χ3n) is 29.3. The van der Waals surface area contributed by atoms with E-state index < -0.39 is 0 Å². The van der Waals surface area contributed by atoms with Gasteiger partial charge in [0, 0.05) is 119 Å². The highest BCUT2D eigenvalue weighted by molar-refractivity contribution is 8.00. The number of aromatic nitrogens is 4. The molecule has 668 valence electrons. The fourth-order valence-electron chi connectivity index (χ4n) is 23.2. The Bertz CT molecular complexity index is 9140. The van der Waals surface area contributed by atoms with Gasteiger partial charge in [-0.3, -0.25) is 0 Å². The number of anilines is 18. The first kappa shape index (κ1) is 81.3. The fourth-order valence-corrected chi connectivity index (χ4v) is 25.4. The molecular formula is C130H86N10S2. The van der Waals surface area contributed by atoms with Crippen molar-refractivity contribution in [3.05, 3.63) is 496 Å². The minimum absolute atomic E-state index is 1.09. The zero-order valence-electron chi connectivity index (χ0n) is 77.5. The fraction of sp³-hybridized carbons (Fsp3) is 0.0154. The lowest BCUT2D eigenvalue weighted by molar-refractivity contribution is 1.14. The number of rotatable bonds is 10. The first-order chi connectivity index (χ1) is 70.3. The van der Waals surface area contributed by atoms with Crippen molar-refractivity contribution >= 4 is 235 Å². The van der Waals surface area contributed by atoms with Gasteiger partial charge in [-0.05, 0) is 266 Å². The van der Waals surface area contributed by atoms with Crippen molar-refractivity contribution < 1.29 is 0 Å². The third kappa shape index (κ3) is 12.5. The van der Waals surface area contributed by atoms with Crippen LogP contribution in [-0.4, -0.2) is 18.3 Å². The van der Waals surface area contributed by atoms with Crippen LogP contribution in [0.4, 0.5) is 102 Å². The maximum Gasteiger partial charge on any atom is 0.0724 e. The van der Waals surface area contributed by atoms with Crippen molar-refractivity contribution in [3.8, 4) is 22.7 Å². The Labute approximate surface area is 828 Å². The standard InChI is InChI=1S/C70H46N6.C60H40N4S2/c1-5-23-47(24-6-1)71-57-35-15-13-31-53(57)55-43-67-69(45-65(55)71)75(63-39-19-17-37-61(63)73(67)49-27-9-3-10-28-49)59-41-21-34-52-51(59)33-22-42-60(52)76-64-40-20-18-38-62(64)74(50-29-11-4-12-30-50)68-44-56-54-32-14-16-36-58(54)72(66(56)46-70(68)76)48-25-7-2-8-26-48;1-37-29-39-32-52(64-50-26-14-16-28-58(50)66-60-34-46-44-22-10-12-24-48(44)62(54(46)36-56(60)64)42-19-7-4-8-20-42)38(2)30-40(39)31-51(37)63-49-25-13-15-27-57(49)65-59-33-45-43-21-9-11-23-47(43)61(53(45)35-55(59)63)41-17-5-3-6-18-41/h1-46H;3-36H,1-2H3. The Balaban J connectivity index is 0.000000137. The maximum atomic E-state index is 2.51. The van der Waals surface area contributed by atoms with Crippen LogP contribution in [0.25, 0.3) is 132 Å². The topological polar surface area (TPSA) is 39.2 Å². The molecular weight excluding hydrogens is 1770 g/mol. The maximum absolute atomic E-state index is 2.51. The summed E-state index contributed by atoms with van der Waals surface area (Å²) in [5.41, 5.74) is 36.9. The van der Waals surface area contributed by atoms with Gasteiger partial charge in [-0.25, -0.2) is 0 Å². The first-order valence-electron chi connectivity index (χ1n) is 48.5. The van der Waals surface area contributed by atoms with Crippen molar-refractivity contribution in [2.45, 2.75) is 33.4 Å². The first-order valence-corrected chi connectivity index (χ1v) is 50.2. The number of hydrogen-bond donors (Lipinski definition) is 0. The second kappa shape index (κ2) is 32.4. The summed E-state index contributed by atoms with van der Waals surface area (Å²) in [5.74, 6) is 0. The van der Waals surface area contributed by atoms with Crippen LogP contribution < -0.4 is 29.4 Å². The number of para-hydroxylation sites is 16. The Morgan fingerprint density at radius 1 is 0.134 bits per heavy atom. The largest absolute Gasteiger partial charge is 0.309 e. The van der Waals surface area contributed by atoms with E-state index in [1.165, 1.54) is 152 Å². The van der Waals surface area contributed by atoms with Crippen LogP contribution in [0.15, 0.2) is 505 Å². The molecule has 0 atom stereocenters. The van der Waals surface area contributed by atoms with E-state index in [2.05, 4.69) is 547 Å². The van der Waals surface area contributed by atoms with Gasteiger partial charge in [0.15, 0.2) is 0 Å². The molecule has 0 bridgehead atoms. The molecule has 26 aromatic rings. The lowest BCUT2D eigenvalue weighted by Crippen LogP contribution is -2.25. The zero-order valence-corrected chi connectivity index (χ0v) is 79.1. The normalized spacial score (nSPS) is 13.0. The minimum atomic E-state index is 1.09. The van der Waals surface area contributed by atoms with Crippen LogP contribution in [0.1, 0.15) is 11.1 Å². The van der Waals surface area contributed by atoms with Crippen LogP contribution in [0.5, 0.6) is 0 Å². The monoisotopic (exact) mass is 1850 g/mol. The molecule has 10 nitrogen and oxygen atoms in total. The molecule has 4 aromatic heterocycles. The quantitative estimate of drug-likeness (QED) is 0.134. The summed E-state index contributed by atoms with van der Waals surface area (Å²) in [5, 5.41) is 14.6. The number of nitrogens with zero attached hydrogens (tertiary/aromatic N) is 10. The molecule has 0 saturated heterocycles. The highest BCUT2D eigenvalue weighted by Gasteiger charge is 2.39. The predicted octanol–water partition coefficient (Wildman–Crippen LogP) is 37.1. The third-order valence-corrected chi connectivity index (χ3v) is 31.5. The van der Waals surface area contributed by atoms with Gasteiger partial charge in [0.25, 0.3) is 0 Å². The molecule has 0 fully saturated rings. The highest BCUT2D eigenvalue weighted by atomic mass is 32.2. The van der Waals surface area contributed by atoms with Gasteiger partial charge in [0.1, 0.15) is 0 Å². The Morgan fingerprint density at radius 2 is 0.373 bits per heavy atom. The number of fused-ring (bicyclic) bond motifs is 22. The van der Waals surface area contributed by atoms with E-state index in [4.69, 9.17) is 0 Å². The molecule has 4 aliphatic rings. The van der Waals surface area contributed by atoms with E-state index >= 15 is 0 Å². The summed E-state index contributed by atoms with van der Waals surface area (Å²) in [4.78, 5) is 20.0. The van der Waals surface area contributed by atoms with Gasteiger partial charge in [-0.15, -0.1) is 0 Å². The van der Waals surface area contributed by atoms with E-state index in [9.17, 15) is 0 Å². The molecule has 0 radical (unpaired) electrons. The van der Waals surface area contributed by atoms with E-state index in [0.717, 1.165) is 113 Å². The van der Waals surface area contributed by atoms with Crippen LogP contribution in [0.3, 0.4) is 0 Å². The molecule has 4 aliphatic heterocycles. The van der Waals surface area contributed by atoms with Gasteiger partial charge in [-0.2, -0.15) is 0 Å². The van der Waals surface area contributed by atoms with Gasteiger partial charge in [-0.1, -0.05) is 278 Å². The van der Waals surface area contributed by atoms with E-state index in [-0.39, 0.29) is 0 Å². The molecule has 0 spiro atoms. The van der Waals surface area contributed by atoms with Crippen molar-refractivity contribution in [2.24, 2.45) is 0 Å². The average Bonchev–Trinajstić information content (AvgIpc) is 1.38. The summed E-state index contributed by atoms with van der Waals surface area (Å²) in [6, 6.07) is 178. The van der Waals surface area contributed by atoms with Gasteiger partial charge < -0.3 is 47.7 Å². The van der Waals surface area contributed by atoms with E-state index in [1.807, 2.05) is 23.5 Å². The Morgan fingerprint density at radius 3 is 0.704 bits per heavy atom. The molecule has 22 aromatic carbocycles. The summed E-state index contributed by atoms with van der Waals surface area (Å²) >= 11 is 3.74. The van der Waals surface area contributed by atoms with Crippen molar-refractivity contribution in [1.82, 2.24) is 18.3 Å². The lowest BCUT2D eigenvalue weighted by Gasteiger charge is -2.42. The molecule has 12 heteroatoms. The SMILES string of the molecule is Cc1cc2cc(N3c4ccccc4Sc4cc5c6ccccc6n(-c6ccccc6)c5cc43)c(C)cc2cc1N1c2ccccc2Sc2cc3c4ccccc4n(-c4ccccc4)c3cc21.c1ccc(N2c3ccccc3N(c3cccc4c(N5c6ccccc6N(c6ccccc6)c6cc7c8ccccc8n(-c8ccccc8)c7cc65)cccc34)c3cc4c(cc32)c2ccccc2n4-c2ccccc2)cc1. The molecule has 0 aliphatic carbocycles.